The van der Waals surface area contributed by atoms with Gasteiger partial charge in [0.2, 0.25) is 0 Å². The Hall–Kier alpha value is -1.49. The standard InChI is InChI=1S/C12H11ClFN3/c13-9-4-1-5-10(14)11(9)12(17-15)8-3-2-6-16-7-8/h1-7,12,17H,15H2. The number of rotatable bonds is 3. The zero-order valence-corrected chi connectivity index (χ0v) is 9.66. The minimum atomic E-state index is -0.516. The monoisotopic (exact) mass is 251 g/mol. The van der Waals surface area contributed by atoms with Gasteiger partial charge in [-0.3, -0.25) is 10.8 Å². The average molecular weight is 252 g/mol. The molecule has 1 unspecified atom stereocenters. The topological polar surface area (TPSA) is 50.9 Å². The van der Waals surface area contributed by atoms with E-state index in [1.54, 1.807) is 36.7 Å². The number of nitrogens with two attached hydrogens (primary N) is 1. The van der Waals surface area contributed by atoms with Gasteiger partial charge in [0.1, 0.15) is 5.82 Å². The summed E-state index contributed by atoms with van der Waals surface area (Å²) in [7, 11) is 0. The Kier molecular flexibility index (Phi) is 3.68. The molecule has 3 nitrogen and oxygen atoms in total. The highest BCUT2D eigenvalue weighted by Crippen LogP contribution is 2.29. The maximum Gasteiger partial charge on any atom is 0.129 e. The lowest BCUT2D eigenvalue weighted by molar-refractivity contribution is 0.559. The van der Waals surface area contributed by atoms with Crippen LogP contribution in [0.15, 0.2) is 42.7 Å². The molecule has 0 saturated carbocycles. The second-order valence-corrected chi connectivity index (χ2v) is 3.93. The summed E-state index contributed by atoms with van der Waals surface area (Å²) < 4.78 is 13.8. The fraction of sp³-hybridized carbons (Fsp3) is 0.0833. The smallest absolute Gasteiger partial charge is 0.129 e. The SMILES string of the molecule is NNC(c1cccnc1)c1c(F)cccc1Cl. The van der Waals surface area contributed by atoms with Crippen molar-refractivity contribution in [3.05, 3.63) is 64.7 Å². The van der Waals surface area contributed by atoms with E-state index >= 15 is 0 Å². The summed E-state index contributed by atoms with van der Waals surface area (Å²) >= 11 is 6.00. The van der Waals surface area contributed by atoms with E-state index in [1.807, 2.05) is 0 Å². The third-order valence-corrected chi connectivity index (χ3v) is 2.80. The third kappa shape index (κ3) is 2.44. The molecule has 88 valence electrons. The first-order valence-electron chi connectivity index (χ1n) is 5.04. The normalized spacial score (nSPS) is 12.4. The number of hydrogen-bond donors (Lipinski definition) is 2. The summed E-state index contributed by atoms with van der Waals surface area (Å²) in [6.07, 6.45) is 3.26. The fourth-order valence-corrected chi connectivity index (χ4v) is 1.95. The van der Waals surface area contributed by atoms with Gasteiger partial charge in [-0.1, -0.05) is 23.7 Å². The van der Waals surface area contributed by atoms with E-state index in [0.717, 1.165) is 5.56 Å². The van der Waals surface area contributed by atoms with Crippen molar-refractivity contribution in [2.75, 3.05) is 0 Å². The molecular formula is C12H11ClFN3. The zero-order chi connectivity index (χ0) is 12.3. The van der Waals surface area contributed by atoms with E-state index < -0.39 is 11.9 Å². The molecule has 1 aromatic carbocycles. The predicted octanol–water partition coefficient (Wildman–Crippen LogP) is 2.43. The Morgan fingerprint density at radius 1 is 1.29 bits per heavy atom. The number of nitrogens with one attached hydrogen (secondary N) is 1. The van der Waals surface area contributed by atoms with Crippen LogP contribution in [0.3, 0.4) is 0 Å². The van der Waals surface area contributed by atoms with Gasteiger partial charge in [0.25, 0.3) is 0 Å². The van der Waals surface area contributed by atoms with E-state index in [4.69, 9.17) is 17.4 Å². The summed E-state index contributed by atoms with van der Waals surface area (Å²) in [6, 6.07) is 7.58. The highest BCUT2D eigenvalue weighted by molar-refractivity contribution is 6.31. The van der Waals surface area contributed by atoms with Gasteiger partial charge >= 0.3 is 0 Å². The van der Waals surface area contributed by atoms with Crippen molar-refractivity contribution in [1.82, 2.24) is 10.4 Å². The Balaban J connectivity index is 2.50. The Labute approximate surface area is 103 Å². The summed E-state index contributed by atoms with van der Waals surface area (Å²) in [5, 5.41) is 0.330. The molecular weight excluding hydrogens is 241 g/mol. The lowest BCUT2D eigenvalue weighted by Crippen LogP contribution is -2.29. The minimum absolute atomic E-state index is 0.324. The van der Waals surface area contributed by atoms with E-state index in [0.29, 0.717) is 10.6 Å². The molecule has 0 radical (unpaired) electrons. The molecule has 0 saturated heterocycles. The van der Waals surface area contributed by atoms with Crippen molar-refractivity contribution in [1.29, 1.82) is 0 Å². The van der Waals surface area contributed by atoms with E-state index in [1.165, 1.54) is 6.07 Å². The summed E-state index contributed by atoms with van der Waals surface area (Å²) in [4.78, 5) is 3.98. The van der Waals surface area contributed by atoms with Crippen LogP contribution in [0.4, 0.5) is 4.39 Å². The van der Waals surface area contributed by atoms with Crippen LogP contribution in [-0.2, 0) is 0 Å². The van der Waals surface area contributed by atoms with Gasteiger partial charge in [-0.15, -0.1) is 0 Å². The van der Waals surface area contributed by atoms with Crippen LogP contribution in [0, 0.1) is 5.82 Å². The summed E-state index contributed by atoms with van der Waals surface area (Å²) in [6.45, 7) is 0. The molecule has 2 rings (SSSR count). The molecule has 2 aromatic rings. The molecule has 0 amide bonds. The minimum Gasteiger partial charge on any atom is -0.271 e. The summed E-state index contributed by atoms with van der Waals surface area (Å²) in [5.74, 6) is 5.07. The molecule has 1 heterocycles. The quantitative estimate of drug-likeness (QED) is 0.651. The average Bonchev–Trinajstić information content (AvgIpc) is 2.35. The molecule has 1 atom stereocenters. The molecule has 1 aromatic heterocycles. The molecule has 0 spiro atoms. The fourth-order valence-electron chi connectivity index (χ4n) is 1.68. The first kappa shape index (κ1) is 12.0. The van der Waals surface area contributed by atoms with Crippen molar-refractivity contribution in [2.24, 2.45) is 5.84 Å². The Bertz CT molecular complexity index is 484. The van der Waals surface area contributed by atoms with E-state index in [2.05, 4.69) is 10.4 Å². The number of hydrazine groups is 1. The van der Waals surface area contributed by atoms with E-state index in [9.17, 15) is 4.39 Å². The van der Waals surface area contributed by atoms with Gasteiger partial charge in [0.15, 0.2) is 0 Å². The molecule has 3 N–H and O–H groups in total. The van der Waals surface area contributed by atoms with Crippen LogP contribution in [0.5, 0.6) is 0 Å². The maximum absolute atomic E-state index is 13.8. The number of hydrogen-bond acceptors (Lipinski definition) is 3. The largest absolute Gasteiger partial charge is 0.271 e. The van der Waals surface area contributed by atoms with Gasteiger partial charge < -0.3 is 0 Å². The van der Waals surface area contributed by atoms with Crippen LogP contribution in [0.2, 0.25) is 5.02 Å². The number of nitrogens with zero attached hydrogens (tertiary/aromatic N) is 1. The van der Waals surface area contributed by atoms with Gasteiger partial charge in [0.05, 0.1) is 6.04 Å². The number of benzene rings is 1. The van der Waals surface area contributed by atoms with Crippen molar-refractivity contribution >= 4 is 11.6 Å². The van der Waals surface area contributed by atoms with Gasteiger partial charge in [0, 0.05) is 23.0 Å². The second-order valence-electron chi connectivity index (χ2n) is 3.52. The van der Waals surface area contributed by atoms with Crippen molar-refractivity contribution in [3.8, 4) is 0 Å². The van der Waals surface area contributed by atoms with Crippen LogP contribution in [0.1, 0.15) is 17.2 Å². The lowest BCUT2D eigenvalue weighted by Gasteiger charge is -2.18. The highest BCUT2D eigenvalue weighted by atomic mass is 35.5. The van der Waals surface area contributed by atoms with Crippen LogP contribution < -0.4 is 11.3 Å². The predicted molar refractivity (Wildman–Crippen MR) is 64.8 cm³/mol. The Morgan fingerprint density at radius 3 is 2.71 bits per heavy atom. The van der Waals surface area contributed by atoms with Crippen LogP contribution in [0.25, 0.3) is 0 Å². The maximum atomic E-state index is 13.8. The molecule has 17 heavy (non-hydrogen) atoms. The molecule has 0 aliphatic rings. The number of pyridine rings is 1. The highest BCUT2D eigenvalue weighted by Gasteiger charge is 2.19. The molecule has 5 heteroatoms. The number of halogens is 2. The van der Waals surface area contributed by atoms with E-state index in [-0.39, 0.29) is 0 Å². The molecule has 0 aliphatic heterocycles. The van der Waals surface area contributed by atoms with Crippen molar-refractivity contribution < 1.29 is 4.39 Å². The number of aromatic nitrogens is 1. The molecule has 0 aliphatic carbocycles. The first-order chi connectivity index (χ1) is 8.24. The van der Waals surface area contributed by atoms with Crippen LogP contribution >= 0.6 is 11.6 Å². The van der Waals surface area contributed by atoms with Gasteiger partial charge in [-0.25, -0.2) is 9.82 Å². The molecule has 0 fully saturated rings. The first-order valence-corrected chi connectivity index (χ1v) is 5.42. The lowest BCUT2D eigenvalue weighted by atomic mass is 10.0. The van der Waals surface area contributed by atoms with Crippen molar-refractivity contribution in [2.45, 2.75) is 6.04 Å². The zero-order valence-electron chi connectivity index (χ0n) is 8.90. The Morgan fingerprint density at radius 2 is 2.12 bits per heavy atom. The van der Waals surface area contributed by atoms with Crippen molar-refractivity contribution in [3.63, 3.8) is 0 Å². The third-order valence-electron chi connectivity index (χ3n) is 2.47. The second kappa shape index (κ2) is 5.23. The van der Waals surface area contributed by atoms with Gasteiger partial charge in [-0.2, -0.15) is 0 Å². The summed E-state index contributed by atoms with van der Waals surface area (Å²) in [5.41, 5.74) is 3.63. The molecule has 0 bridgehead atoms. The van der Waals surface area contributed by atoms with Crippen LogP contribution in [-0.4, -0.2) is 4.98 Å². The van der Waals surface area contributed by atoms with Gasteiger partial charge in [-0.05, 0) is 23.8 Å².